The molecule has 1 aromatic carbocycles. The molecule has 2 N–H and O–H groups in total. The number of benzene rings is 1. The number of carbonyl (C=O) groups excluding carboxylic acids is 1. The molecule has 0 bridgehead atoms. The van der Waals surface area contributed by atoms with Gasteiger partial charge in [-0.1, -0.05) is 35.5 Å². The molecule has 1 fully saturated rings. The minimum Gasteiger partial charge on any atom is -0.393 e. The highest BCUT2D eigenvalue weighted by Gasteiger charge is 2.21. The Balaban J connectivity index is 1.53. The van der Waals surface area contributed by atoms with Crippen molar-refractivity contribution >= 4 is 5.91 Å². The van der Waals surface area contributed by atoms with Gasteiger partial charge in [0.05, 0.1) is 6.10 Å². The van der Waals surface area contributed by atoms with Crippen molar-refractivity contribution in [3.63, 3.8) is 0 Å². The standard InChI is InChI=1S/C19H25N3O3/c1-14-17(18(21-25-14)15-6-3-2-4-7-15)19(24)20-10-5-11-22-12-8-16(23)9-13-22/h2-4,6-7,16,23H,5,8-13H2,1H3,(H,20,24). The van der Waals surface area contributed by atoms with Crippen molar-refractivity contribution < 1.29 is 14.4 Å². The number of aliphatic hydroxyl groups excluding tert-OH is 1. The van der Waals surface area contributed by atoms with Crippen LogP contribution in [0.4, 0.5) is 0 Å². The summed E-state index contributed by atoms with van der Waals surface area (Å²) < 4.78 is 5.24. The summed E-state index contributed by atoms with van der Waals surface area (Å²) in [5.41, 5.74) is 1.96. The van der Waals surface area contributed by atoms with E-state index in [1.54, 1.807) is 6.92 Å². The molecule has 3 rings (SSSR count). The Kier molecular flexibility index (Phi) is 5.83. The van der Waals surface area contributed by atoms with Crippen LogP contribution in [0.3, 0.4) is 0 Å². The third-order valence-electron chi connectivity index (χ3n) is 4.63. The molecule has 1 aliphatic rings. The summed E-state index contributed by atoms with van der Waals surface area (Å²) in [5, 5.41) is 16.5. The van der Waals surface area contributed by atoms with Crippen LogP contribution >= 0.6 is 0 Å². The fourth-order valence-corrected chi connectivity index (χ4v) is 3.17. The summed E-state index contributed by atoms with van der Waals surface area (Å²) in [6.45, 7) is 5.15. The van der Waals surface area contributed by atoms with E-state index >= 15 is 0 Å². The first-order chi connectivity index (χ1) is 12.1. The lowest BCUT2D eigenvalue weighted by Crippen LogP contribution is -2.37. The van der Waals surface area contributed by atoms with E-state index in [2.05, 4.69) is 15.4 Å². The van der Waals surface area contributed by atoms with Crippen LogP contribution in [0, 0.1) is 6.92 Å². The first kappa shape index (κ1) is 17.6. The lowest BCUT2D eigenvalue weighted by Gasteiger charge is -2.29. The Bertz CT molecular complexity index is 691. The molecular weight excluding hydrogens is 318 g/mol. The van der Waals surface area contributed by atoms with Gasteiger partial charge in [0.15, 0.2) is 0 Å². The zero-order valence-electron chi connectivity index (χ0n) is 14.6. The van der Waals surface area contributed by atoms with Crippen molar-refractivity contribution in [2.75, 3.05) is 26.2 Å². The SMILES string of the molecule is Cc1onc(-c2ccccc2)c1C(=O)NCCCN1CCC(O)CC1. The summed E-state index contributed by atoms with van der Waals surface area (Å²) in [7, 11) is 0. The number of hydrogen-bond donors (Lipinski definition) is 2. The molecule has 0 atom stereocenters. The lowest BCUT2D eigenvalue weighted by molar-refractivity contribution is 0.0816. The van der Waals surface area contributed by atoms with E-state index in [1.165, 1.54) is 0 Å². The van der Waals surface area contributed by atoms with Gasteiger partial charge in [-0.2, -0.15) is 0 Å². The van der Waals surface area contributed by atoms with E-state index in [-0.39, 0.29) is 12.0 Å². The quantitative estimate of drug-likeness (QED) is 0.787. The second-order valence-electron chi connectivity index (χ2n) is 6.51. The minimum absolute atomic E-state index is 0.147. The largest absolute Gasteiger partial charge is 0.393 e. The topological polar surface area (TPSA) is 78.6 Å². The van der Waals surface area contributed by atoms with Crippen LogP contribution in [0.15, 0.2) is 34.9 Å². The first-order valence-corrected chi connectivity index (χ1v) is 8.85. The molecule has 2 heterocycles. The number of aromatic nitrogens is 1. The predicted molar refractivity (Wildman–Crippen MR) is 95.3 cm³/mol. The maximum atomic E-state index is 12.6. The van der Waals surface area contributed by atoms with E-state index < -0.39 is 0 Å². The summed E-state index contributed by atoms with van der Waals surface area (Å²) in [4.78, 5) is 14.9. The monoisotopic (exact) mass is 343 g/mol. The van der Waals surface area contributed by atoms with Crippen molar-refractivity contribution in [3.8, 4) is 11.3 Å². The van der Waals surface area contributed by atoms with Crippen LogP contribution in [0.1, 0.15) is 35.4 Å². The van der Waals surface area contributed by atoms with Crippen molar-refractivity contribution in [1.82, 2.24) is 15.4 Å². The Morgan fingerprint density at radius 1 is 1.32 bits per heavy atom. The van der Waals surface area contributed by atoms with Gasteiger partial charge >= 0.3 is 0 Å². The summed E-state index contributed by atoms with van der Waals surface area (Å²) in [6.07, 6.45) is 2.41. The molecule has 0 aliphatic carbocycles. The van der Waals surface area contributed by atoms with Gasteiger partial charge in [-0.15, -0.1) is 0 Å². The number of rotatable bonds is 6. The third-order valence-corrected chi connectivity index (χ3v) is 4.63. The van der Waals surface area contributed by atoms with E-state index in [1.807, 2.05) is 30.3 Å². The van der Waals surface area contributed by atoms with Gasteiger partial charge in [-0.25, -0.2) is 0 Å². The minimum atomic E-state index is -0.149. The van der Waals surface area contributed by atoms with Crippen molar-refractivity contribution in [2.45, 2.75) is 32.3 Å². The van der Waals surface area contributed by atoms with Crippen LogP contribution in [-0.2, 0) is 0 Å². The second kappa shape index (κ2) is 8.27. The molecule has 0 saturated carbocycles. The Morgan fingerprint density at radius 2 is 2.04 bits per heavy atom. The second-order valence-corrected chi connectivity index (χ2v) is 6.51. The smallest absolute Gasteiger partial charge is 0.257 e. The van der Waals surface area contributed by atoms with Crippen LogP contribution in [0.5, 0.6) is 0 Å². The molecule has 1 saturated heterocycles. The molecule has 0 unspecified atom stereocenters. The fraction of sp³-hybridized carbons (Fsp3) is 0.474. The van der Waals surface area contributed by atoms with Gasteiger partial charge in [-0.3, -0.25) is 4.79 Å². The Morgan fingerprint density at radius 3 is 2.76 bits per heavy atom. The van der Waals surface area contributed by atoms with Crippen molar-refractivity contribution in [3.05, 3.63) is 41.7 Å². The number of carbonyl (C=O) groups is 1. The molecular formula is C19H25N3O3. The molecule has 0 spiro atoms. The zero-order valence-corrected chi connectivity index (χ0v) is 14.6. The number of nitrogens with zero attached hydrogens (tertiary/aromatic N) is 2. The molecule has 134 valence electrons. The number of piperidine rings is 1. The lowest BCUT2D eigenvalue weighted by atomic mass is 10.1. The van der Waals surface area contributed by atoms with E-state index in [0.717, 1.165) is 44.5 Å². The van der Waals surface area contributed by atoms with Gasteiger partial charge < -0.3 is 19.8 Å². The van der Waals surface area contributed by atoms with E-state index in [9.17, 15) is 9.90 Å². The van der Waals surface area contributed by atoms with Gasteiger partial charge in [0, 0.05) is 25.2 Å². The van der Waals surface area contributed by atoms with Crippen molar-refractivity contribution in [2.24, 2.45) is 0 Å². The molecule has 6 heteroatoms. The van der Waals surface area contributed by atoms with Crippen molar-refractivity contribution in [1.29, 1.82) is 0 Å². The third kappa shape index (κ3) is 4.46. The highest BCUT2D eigenvalue weighted by Crippen LogP contribution is 2.24. The average Bonchev–Trinajstić information content (AvgIpc) is 3.02. The van der Waals surface area contributed by atoms with Gasteiger partial charge in [0.1, 0.15) is 17.0 Å². The van der Waals surface area contributed by atoms with Gasteiger partial charge in [-0.05, 0) is 32.7 Å². The molecule has 1 amide bonds. The molecule has 2 aromatic rings. The first-order valence-electron chi connectivity index (χ1n) is 8.85. The van der Waals surface area contributed by atoms with Crippen LogP contribution in [0.2, 0.25) is 0 Å². The Labute approximate surface area is 147 Å². The zero-order chi connectivity index (χ0) is 17.6. The number of likely N-dealkylation sites (tertiary alicyclic amines) is 1. The highest BCUT2D eigenvalue weighted by atomic mass is 16.5. The highest BCUT2D eigenvalue weighted by molar-refractivity contribution is 6.00. The van der Waals surface area contributed by atoms with Crippen LogP contribution < -0.4 is 5.32 Å². The predicted octanol–water partition coefficient (Wildman–Crippen LogP) is 2.23. The van der Waals surface area contributed by atoms with E-state index in [4.69, 9.17) is 4.52 Å². The van der Waals surface area contributed by atoms with Gasteiger partial charge in [0.25, 0.3) is 5.91 Å². The molecule has 0 radical (unpaired) electrons. The molecule has 6 nitrogen and oxygen atoms in total. The van der Waals surface area contributed by atoms with E-state index in [0.29, 0.717) is 23.6 Å². The summed E-state index contributed by atoms with van der Waals surface area (Å²) in [5.74, 6) is 0.382. The number of amides is 1. The maximum Gasteiger partial charge on any atom is 0.257 e. The number of nitrogens with one attached hydrogen (secondary N) is 1. The number of aliphatic hydroxyl groups is 1. The Hall–Kier alpha value is -2.18. The summed E-state index contributed by atoms with van der Waals surface area (Å²) >= 11 is 0. The fourth-order valence-electron chi connectivity index (χ4n) is 3.17. The van der Waals surface area contributed by atoms with Crippen LogP contribution in [0.25, 0.3) is 11.3 Å². The maximum absolute atomic E-state index is 12.6. The van der Waals surface area contributed by atoms with Crippen LogP contribution in [-0.4, -0.2) is 53.4 Å². The molecule has 1 aliphatic heterocycles. The molecule has 1 aromatic heterocycles. The normalized spacial score (nSPS) is 16.1. The number of aryl methyl sites for hydroxylation is 1. The number of hydrogen-bond acceptors (Lipinski definition) is 5. The molecule has 25 heavy (non-hydrogen) atoms. The summed E-state index contributed by atoms with van der Waals surface area (Å²) in [6, 6.07) is 9.58. The average molecular weight is 343 g/mol. The van der Waals surface area contributed by atoms with Gasteiger partial charge in [0.2, 0.25) is 0 Å².